The molecule has 18 heteroatoms. The summed E-state index contributed by atoms with van der Waals surface area (Å²) in [6, 6.07) is 22.9. The van der Waals surface area contributed by atoms with Gasteiger partial charge in [0, 0.05) is 17.7 Å². The first kappa shape index (κ1) is 32.9. The number of amides is 1. The molecule has 50 heavy (non-hydrogen) atoms. The summed E-state index contributed by atoms with van der Waals surface area (Å²) in [6.07, 6.45) is 1.60. The van der Waals surface area contributed by atoms with Gasteiger partial charge in [0.25, 0.3) is 5.91 Å². The third kappa shape index (κ3) is 7.27. The zero-order valence-corrected chi connectivity index (χ0v) is 25.8. The van der Waals surface area contributed by atoms with Crippen LogP contribution in [0, 0.1) is 10.4 Å². The number of hydrazine groups is 1. The minimum absolute atomic E-state index is 0.0258. The average molecular weight is 679 g/mol. The number of aromatic hydroxyl groups is 2. The summed E-state index contributed by atoms with van der Waals surface area (Å²) in [6.45, 7) is 0. The normalized spacial score (nSPS) is 13.2. The van der Waals surface area contributed by atoms with Gasteiger partial charge in [-0.2, -0.15) is 20.0 Å². The van der Waals surface area contributed by atoms with E-state index in [9.17, 15) is 35.8 Å². The van der Waals surface area contributed by atoms with Gasteiger partial charge in [0.2, 0.25) is 17.8 Å². The minimum atomic E-state index is -0.553. The van der Waals surface area contributed by atoms with E-state index in [4.69, 9.17) is 4.74 Å². The van der Waals surface area contributed by atoms with Crippen LogP contribution in [0.5, 0.6) is 17.2 Å². The average Bonchev–Trinajstić information content (AvgIpc) is 3.40. The predicted molar refractivity (Wildman–Crippen MR) is 182 cm³/mol. The topological polar surface area (TPSA) is 250 Å². The van der Waals surface area contributed by atoms with Crippen LogP contribution in [0.15, 0.2) is 102 Å². The van der Waals surface area contributed by atoms with E-state index in [0.29, 0.717) is 16.9 Å². The van der Waals surface area contributed by atoms with Crippen molar-refractivity contribution in [3.05, 3.63) is 118 Å². The van der Waals surface area contributed by atoms with Gasteiger partial charge in [0.1, 0.15) is 22.9 Å². The fourth-order valence-electron chi connectivity index (χ4n) is 4.63. The van der Waals surface area contributed by atoms with Gasteiger partial charge >= 0.3 is 0 Å². The molecule has 0 unspecified atom stereocenters. The van der Waals surface area contributed by atoms with Gasteiger partial charge in [-0.1, -0.05) is 42.5 Å². The van der Waals surface area contributed by atoms with Gasteiger partial charge in [-0.15, -0.1) is 0 Å². The van der Waals surface area contributed by atoms with E-state index in [-0.39, 0.29) is 52.1 Å². The number of carbonyl (C=O) groups excluding carboxylic acids is 1. The maximum Gasteiger partial charge on any atom is 0.297 e. The smallest absolute Gasteiger partial charge is 0.297 e. The Morgan fingerprint density at radius 2 is 1.30 bits per heavy atom. The van der Waals surface area contributed by atoms with Crippen molar-refractivity contribution >= 4 is 58.4 Å². The molecule has 0 atom stereocenters. The Morgan fingerprint density at radius 3 is 1.80 bits per heavy atom. The number of benzene rings is 4. The number of aliphatic imine (C=N–C) groups is 1. The Bertz CT molecular complexity index is 2020. The molecule has 1 amide bonds. The van der Waals surface area contributed by atoms with Crippen molar-refractivity contribution in [1.82, 2.24) is 20.0 Å². The van der Waals surface area contributed by atoms with Crippen LogP contribution in [0.1, 0.15) is 11.1 Å². The third-order valence-electron chi connectivity index (χ3n) is 7.06. The van der Waals surface area contributed by atoms with Crippen LogP contribution in [0.25, 0.3) is 6.08 Å². The van der Waals surface area contributed by atoms with Crippen molar-refractivity contribution in [2.75, 3.05) is 33.6 Å². The Hall–Kier alpha value is -6.99. The van der Waals surface area contributed by atoms with Gasteiger partial charge < -0.3 is 46.5 Å². The Kier molecular flexibility index (Phi) is 9.23. The van der Waals surface area contributed by atoms with Crippen LogP contribution in [0.4, 0.5) is 40.6 Å². The maximum atomic E-state index is 13.8. The number of carbonyl (C=O) groups is 1. The number of nitrogens with zero attached hydrogens (tertiary/aromatic N) is 7. The number of nitrogens with one attached hydrogen (secondary N) is 3. The molecule has 5 aromatic rings. The molecule has 0 saturated heterocycles. The van der Waals surface area contributed by atoms with Crippen molar-refractivity contribution < 1.29 is 30.2 Å². The minimum Gasteiger partial charge on any atom is -0.733 e. The molecule has 1 aliphatic heterocycles. The second kappa shape index (κ2) is 14.0. The van der Waals surface area contributed by atoms with Crippen LogP contribution in [-0.2, 0) is 4.79 Å². The Labute approximate surface area is 282 Å². The van der Waals surface area contributed by atoms with Crippen LogP contribution in [0.3, 0.4) is 0 Å². The number of methoxy groups -OCH3 is 1. The lowest BCUT2D eigenvalue weighted by Crippen LogP contribution is -2.38. The Morgan fingerprint density at radius 1 is 0.760 bits per heavy atom. The van der Waals surface area contributed by atoms with E-state index in [0.717, 1.165) is 17.1 Å². The highest BCUT2D eigenvalue weighted by Crippen LogP contribution is 2.33. The lowest BCUT2D eigenvalue weighted by Gasteiger charge is -2.22. The summed E-state index contributed by atoms with van der Waals surface area (Å²) in [5.74, 6) is -1.16. The molecule has 0 radical (unpaired) electrons. The van der Waals surface area contributed by atoms with Crippen molar-refractivity contribution in [1.29, 1.82) is 0 Å². The second-order valence-corrected chi connectivity index (χ2v) is 10.4. The number of phenolic OH excluding ortho intramolecular Hbond substituents is 2. The number of phenols is 2. The molecule has 1 aliphatic rings. The molecular weight excluding hydrogens is 652 g/mol. The molecule has 0 fully saturated rings. The first-order chi connectivity index (χ1) is 24.1. The van der Waals surface area contributed by atoms with E-state index in [1.165, 1.54) is 24.3 Å². The molecule has 1 aromatic heterocycles. The van der Waals surface area contributed by atoms with Crippen molar-refractivity contribution in [2.24, 2.45) is 4.99 Å². The number of aromatic nitrogens is 3. The summed E-state index contributed by atoms with van der Waals surface area (Å²) in [5, 5.41) is 67.7. The fraction of sp³-hybridized carbons (Fsp3) is 0.0312. The molecule has 0 bridgehead atoms. The lowest BCUT2D eigenvalue weighted by molar-refractivity contribution is -0.121. The van der Waals surface area contributed by atoms with Gasteiger partial charge in [0.05, 0.1) is 29.9 Å². The number of amidine groups is 1. The maximum absolute atomic E-state index is 13.8. The fourth-order valence-corrected chi connectivity index (χ4v) is 4.63. The first-order valence-corrected chi connectivity index (χ1v) is 14.5. The van der Waals surface area contributed by atoms with Crippen LogP contribution in [0.2, 0.25) is 0 Å². The van der Waals surface area contributed by atoms with Crippen molar-refractivity contribution in [3.8, 4) is 17.2 Å². The first-order valence-electron chi connectivity index (χ1n) is 14.5. The SMILES string of the molecule is COc1ccc(C=C2N=C(c3ccccc3)N(Nc3nc(Nc4ccc(N([O-])O)cc4O)nc(Nc4ccc(N([O-])O)cc4O)n3)C2=O)cc1. The predicted octanol–water partition coefficient (Wildman–Crippen LogP) is 4.82. The molecule has 4 aromatic carbocycles. The van der Waals surface area contributed by atoms with Gasteiger partial charge in [-0.25, -0.2) is 4.99 Å². The summed E-state index contributed by atoms with van der Waals surface area (Å²) in [5.41, 5.74) is 3.79. The quantitative estimate of drug-likeness (QED) is 0.0561. The highest BCUT2D eigenvalue weighted by atomic mass is 16.8. The number of rotatable bonds is 11. The molecule has 18 nitrogen and oxygen atoms in total. The number of anilines is 7. The van der Waals surface area contributed by atoms with Gasteiger partial charge in [0.15, 0.2) is 5.84 Å². The van der Waals surface area contributed by atoms with Crippen molar-refractivity contribution in [3.63, 3.8) is 0 Å². The molecule has 254 valence electrons. The highest BCUT2D eigenvalue weighted by molar-refractivity contribution is 6.20. The lowest BCUT2D eigenvalue weighted by atomic mass is 10.2. The van der Waals surface area contributed by atoms with Crippen LogP contribution in [-0.4, -0.2) is 59.4 Å². The Balaban J connectivity index is 1.38. The highest BCUT2D eigenvalue weighted by Gasteiger charge is 2.32. The number of hydrogen-bond acceptors (Lipinski definition) is 17. The van der Waals surface area contributed by atoms with E-state index in [1.54, 1.807) is 61.7 Å². The summed E-state index contributed by atoms with van der Waals surface area (Å²) >= 11 is 0. The van der Waals surface area contributed by atoms with Gasteiger partial charge in [-0.3, -0.25) is 20.6 Å². The summed E-state index contributed by atoms with van der Waals surface area (Å²) < 4.78 is 5.22. The monoisotopic (exact) mass is 678 g/mol. The van der Waals surface area contributed by atoms with E-state index in [2.05, 4.69) is 36.0 Å². The number of hydrogen-bond donors (Lipinski definition) is 7. The molecule has 0 aliphatic carbocycles. The second-order valence-electron chi connectivity index (χ2n) is 10.4. The van der Waals surface area contributed by atoms with E-state index >= 15 is 0 Å². The summed E-state index contributed by atoms with van der Waals surface area (Å²) in [4.78, 5) is 31.4. The largest absolute Gasteiger partial charge is 0.733 e. The molecule has 7 N–H and O–H groups in total. The molecular formula is C32H26N10O8-2. The summed E-state index contributed by atoms with van der Waals surface area (Å²) in [7, 11) is 1.55. The zero-order valence-electron chi connectivity index (χ0n) is 25.8. The molecule has 0 spiro atoms. The van der Waals surface area contributed by atoms with Crippen molar-refractivity contribution in [2.45, 2.75) is 0 Å². The third-order valence-corrected chi connectivity index (χ3v) is 7.06. The van der Waals surface area contributed by atoms with E-state index < -0.39 is 27.9 Å². The standard InChI is InChI=1S/C32H26N10O8/c1-50-22-11-7-18(8-12-22)15-25-29(45)40(28(33-25)19-5-3-2-4-6-19)39-32-37-30(34-23-13-9-20(41(46)47)16-26(23)43)36-31(38-32)35-24-14-10-21(42(48)49)17-27(24)44/h2-17,43-44,46,48H,1H3,(H3,34,35,36,37,38,39)/q-2. The molecule has 6 rings (SSSR count). The van der Waals surface area contributed by atoms with Gasteiger partial charge in [-0.05, 0) is 48.0 Å². The zero-order chi connectivity index (χ0) is 35.4. The van der Waals surface area contributed by atoms with Crippen LogP contribution >= 0.6 is 0 Å². The van der Waals surface area contributed by atoms with Crippen LogP contribution < -0.4 is 31.2 Å². The number of ether oxygens (including phenoxy) is 1. The molecule has 2 heterocycles. The molecule has 0 saturated carbocycles. The van der Waals surface area contributed by atoms with E-state index in [1.807, 2.05) is 6.07 Å².